The number of carbonyl (C=O) groups is 1. The first-order chi connectivity index (χ1) is 20.1. The second-order valence-corrected chi connectivity index (χ2v) is 10.4. The van der Waals surface area contributed by atoms with E-state index in [2.05, 4.69) is 62.4 Å². The van der Waals surface area contributed by atoms with Crippen LogP contribution in [0.1, 0.15) is 85.6 Å². The molecule has 0 aliphatic heterocycles. The summed E-state index contributed by atoms with van der Waals surface area (Å²) >= 11 is 0. The number of benzene rings is 3. The number of hydrogen-bond donors (Lipinski definition) is 0. The van der Waals surface area contributed by atoms with E-state index in [9.17, 15) is 4.79 Å². The van der Waals surface area contributed by atoms with Crippen LogP contribution in [0, 0.1) is 0 Å². The highest BCUT2D eigenvalue weighted by Gasteiger charge is 2.24. The molecule has 0 saturated carbocycles. The number of carbonyl (C=O) groups excluding carboxylic acids is 1. The summed E-state index contributed by atoms with van der Waals surface area (Å²) in [5, 5.41) is 0. The molecule has 0 fully saturated rings. The van der Waals surface area contributed by atoms with Crippen molar-refractivity contribution in [3.8, 4) is 5.75 Å². The Hall–Kier alpha value is -3.41. The van der Waals surface area contributed by atoms with E-state index in [-0.39, 0.29) is 12.1 Å². The predicted octanol–water partition coefficient (Wildman–Crippen LogP) is 7.77. The fourth-order valence-electron chi connectivity index (χ4n) is 5.33. The molecular weight excluding hydrogens is 512 g/mol. The van der Waals surface area contributed by atoms with Crippen LogP contribution in [-0.4, -0.2) is 38.5 Å². The molecule has 1 aliphatic rings. The Balaban J connectivity index is 1.44. The molecule has 4 rings (SSSR count). The molecule has 0 bridgehead atoms. The van der Waals surface area contributed by atoms with Gasteiger partial charge in [-0.25, -0.2) is 4.79 Å². The molecule has 1 aliphatic carbocycles. The number of ether oxygens (including phenoxy) is 4. The van der Waals surface area contributed by atoms with Crippen LogP contribution in [0.25, 0.3) is 12.2 Å². The third kappa shape index (κ3) is 8.31. The molecule has 5 nitrogen and oxygen atoms in total. The van der Waals surface area contributed by atoms with Gasteiger partial charge in [-0.3, -0.25) is 0 Å². The Labute approximate surface area is 245 Å². The smallest absolute Gasteiger partial charge is 0.335 e. The maximum Gasteiger partial charge on any atom is 0.335 e. The second-order valence-electron chi connectivity index (χ2n) is 10.4. The zero-order chi connectivity index (χ0) is 29.0. The lowest BCUT2D eigenvalue weighted by atomic mass is 9.92. The minimum absolute atomic E-state index is 0.159. The summed E-state index contributed by atoms with van der Waals surface area (Å²) < 4.78 is 23.4. The third-order valence-corrected chi connectivity index (χ3v) is 7.29. The molecule has 0 heterocycles. The van der Waals surface area contributed by atoms with Crippen molar-refractivity contribution in [2.75, 3.05) is 26.4 Å². The van der Waals surface area contributed by atoms with Gasteiger partial charge in [0.1, 0.15) is 18.5 Å². The number of esters is 1. The van der Waals surface area contributed by atoms with Crippen molar-refractivity contribution < 1.29 is 23.7 Å². The predicted molar refractivity (Wildman–Crippen MR) is 165 cm³/mol. The van der Waals surface area contributed by atoms with Gasteiger partial charge < -0.3 is 18.9 Å². The maximum absolute atomic E-state index is 12.2. The van der Waals surface area contributed by atoms with Crippen molar-refractivity contribution in [3.05, 3.63) is 99.6 Å². The molecule has 0 radical (unpaired) electrons. The van der Waals surface area contributed by atoms with Gasteiger partial charge in [0.05, 0.1) is 13.2 Å². The van der Waals surface area contributed by atoms with Gasteiger partial charge in [-0.1, -0.05) is 87.4 Å². The Kier molecular flexibility index (Phi) is 11.6. The third-order valence-electron chi connectivity index (χ3n) is 7.29. The lowest BCUT2D eigenvalue weighted by molar-refractivity contribution is -0.156. The van der Waals surface area contributed by atoms with Crippen LogP contribution in [0.3, 0.4) is 0 Å². The first kappa shape index (κ1) is 30.5. The summed E-state index contributed by atoms with van der Waals surface area (Å²) in [7, 11) is 0. The molecule has 218 valence electrons. The van der Waals surface area contributed by atoms with Crippen LogP contribution in [-0.2, 0) is 38.3 Å². The van der Waals surface area contributed by atoms with E-state index in [1.807, 2.05) is 31.2 Å². The summed E-state index contributed by atoms with van der Waals surface area (Å²) in [6.07, 6.45) is 8.45. The van der Waals surface area contributed by atoms with Crippen LogP contribution in [0.4, 0.5) is 0 Å². The summed E-state index contributed by atoms with van der Waals surface area (Å²) in [5.74, 6) is 0.438. The number of fused-ring (bicyclic) bond motifs is 2. The topological polar surface area (TPSA) is 54.0 Å². The Morgan fingerprint density at radius 2 is 1.32 bits per heavy atom. The van der Waals surface area contributed by atoms with E-state index in [0.29, 0.717) is 32.8 Å². The monoisotopic (exact) mass is 556 g/mol. The second kappa shape index (κ2) is 15.6. The molecule has 3 aromatic carbocycles. The van der Waals surface area contributed by atoms with Gasteiger partial charge in [0, 0.05) is 13.0 Å². The highest BCUT2D eigenvalue weighted by atomic mass is 16.6. The lowest BCUT2D eigenvalue weighted by Crippen LogP contribution is -2.28. The fourth-order valence-corrected chi connectivity index (χ4v) is 5.33. The Bertz CT molecular complexity index is 1230. The first-order valence-corrected chi connectivity index (χ1v) is 15.1. The largest absolute Gasteiger partial charge is 0.491 e. The average molecular weight is 557 g/mol. The van der Waals surface area contributed by atoms with Crippen molar-refractivity contribution in [1.82, 2.24) is 0 Å². The molecule has 0 spiro atoms. The fraction of sp³-hybridized carbons (Fsp3) is 0.417. The molecule has 3 aromatic rings. The summed E-state index contributed by atoms with van der Waals surface area (Å²) in [5.41, 5.74) is 8.51. The van der Waals surface area contributed by atoms with Gasteiger partial charge >= 0.3 is 5.97 Å². The zero-order valence-electron chi connectivity index (χ0n) is 25.0. The molecule has 5 heteroatoms. The minimum atomic E-state index is -0.601. The molecule has 0 saturated heterocycles. The number of aryl methyl sites for hydroxylation is 2. The average Bonchev–Trinajstić information content (AvgIpc) is 3.12. The van der Waals surface area contributed by atoms with Crippen molar-refractivity contribution in [1.29, 1.82) is 0 Å². The lowest BCUT2D eigenvalue weighted by Gasteiger charge is -2.23. The summed E-state index contributed by atoms with van der Waals surface area (Å²) in [6, 6.07) is 21.4. The molecule has 1 atom stereocenters. The molecule has 0 aromatic heterocycles. The van der Waals surface area contributed by atoms with Crippen molar-refractivity contribution in [2.24, 2.45) is 0 Å². The highest BCUT2D eigenvalue weighted by Crippen LogP contribution is 2.37. The van der Waals surface area contributed by atoms with E-state index in [0.717, 1.165) is 37.0 Å². The van der Waals surface area contributed by atoms with Gasteiger partial charge in [-0.15, -0.1) is 0 Å². The minimum Gasteiger partial charge on any atom is -0.491 e. The van der Waals surface area contributed by atoms with Crippen LogP contribution >= 0.6 is 0 Å². The van der Waals surface area contributed by atoms with Gasteiger partial charge in [0.15, 0.2) is 6.10 Å². The normalized spacial score (nSPS) is 13.3. The zero-order valence-corrected chi connectivity index (χ0v) is 25.0. The maximum atomic E-state index is 12.2. The van der Waals surface area contributed by atoms with Crippen LogP contribution in [0.15, 0.2) is 60.7 Å². The van der Waals surface area contributed by atoms with E-state index >= 15 is 0 Å². The standard InChI is InChI=1S/C36H44O5/c1-5-9-26-11-15-29-17-18-30-16-12-27(10-6-2)24-33(30)35(32(29)23-26)41-22-21-40-31-19-13-28(14-20-31)25-34(38-7-3)36(37)39-8-4/h11-20,23-24,34-35H,5-10,21-22,25H2,1-4H3. The Morgan fingerprint density at radius 3 is 1.85 bits per heavy atom. The van der Waals surface area contributed by atoms with E-state index in [4.69, 9.17) is 18.9 Å². The van der Waals surface area contributed by atoms with Crippen molar-refractivity contribution in [3.63, 3.8) is 0 Å². The van der Waals surface area contributed by atoms with Crippen LogP contribution in [0.2, 0.25) is 0 Å². The number of rotatable bonds is 15. The van der Waals surface area contributed by atoms with Gasteiger partial charge in [-0.2, -0.15) is 0 Å². The molecule has 0 N–H and O–H groups in total. The van der Waals surface area contributed by atoms with Gasteiger partial charge in [0.2, 0.25) is 0 Å². The van der Waals surface area contributed by atoms with E-state index in [1.54, 1.807) is 6.92 Å². The van der Waals surface area contributed by atoms with Crippen molar-refractivity contribution in [2.45, 2.75) is 72.0 Å². The number of hydrogen-bond acceptors (Lipinski definition) is 5. The first-order valence-electron chi connectivity index (χ1n) is 15.1. The highest BCUT2D eigenvalue weighted by molar-refractivity contribution is 5.76. The molecule has 41 heavy (non-hydrogen) atoms. The van der Waals surface area contributed by atoms with E-state index in [1.165, 1.54) is 33.4 Å². The molecule has 0 amide bonds. The summed E-state index contributed by atoms with van der Waals surface area (Å²) in [6.45, 7) is 9.79. The molecular formula is C36H44O5. The van der Waals surface area contributed by atoms with Crippen LogP contribution in [0.5, 0.6) is 5.75 Å². The summed E-state index contributed by atoms with van der Waals surface area (Å²) in [4.78, 5) is 12.2. The van der Waals surface area contributed by atoms with E-state index < -0.39 is 6.10 Å². The van der Waals surface area contributed by atoms with Gasteiger partial charge in [-0.05, 0) is 77.8 Å². The quantitative estimate of drug-likeness (QED) is 0.141. The Morgan fingerprint density at radius 1 is 0.732 bits per heavy atom. The van der Waals surface area contributed by atoms with Crippen molar-refractivity contribution >= 4 is 18.1 Å². The molecule has 1 unspecified atom stereocenters. The van der Waals surface area contributed by atoms with Crippen LogP contribution < -0.4 is 4.74 Å². The SMILES string of the molecule is CCCc1ccc2c(c1)C(OCCOc1ccc(CC(OCC)C(=O)OCC)cc1)c1cc(CCC)ccc1C=C2. The van der Waals surface area contributed by atoms with Gasteiger partial charge in [0.25, 0.3) is 0 Å².